The number of allylic oxidation sites excluding steroid dienone is 4. The number of para-hydroxylation sites is 1. The molecule has 0 aromatic heterocycles. The zero-order valence-corrected chi connectivity index (χ0v) is 29.4. The van der Waals surface area contributed by atoms with E-state index in [1.807, 2.05) is 0 Å². The van der Waals surface area contributed by atoms with Gasteiger partial charge in [-0.2, -0.15) is 0 Å². The van der Waals surface area contributed by atoms with Crippen LogP contribution in [0.1, 0.15) is 23.5 Å². The molecule has 53 heavy (non-hydrogen) atoms. The van der Waals surface area contributed by atoms with Crippen LogP contribution in [0, 0.1) is 0 Å². The summed E-state index contributed by atoms with van der Waals surface area (Å²) >= 11 is 0. The van der Waals surface area contributed by atoms with E-state index in [2.05, 4.69) is 211 Å². The molecule has 9 aromatic carbocycles. The second kappa shape index (κ2) is 13.1. The van der Waals surface area contributed by atoms with E-state index in [1.165, 1.54) is 70.9 Å². The minimum atomic E-state index is 0.379. The average molecular weight is 676 g/mol. The number of anilines is 3. The fourth-order valence-corrected chi connectivity index (χ4v) is 8.41. The van der Waals surface area contributed by atoms with E-state index in [0.717, 1.165) is 23.5 Å². The molecule has 0 saturated heterocycles. The van der Waals surface area contributed by atoms with E-state index < -0.39 is 0 Å². The van der Waals surface area contributed by atoms with Gasteiger partial charge in [-0.15, -0.1) is 0 Å². The lowest BCUT2D eigenvalue weighted by Gasteiger charge is -2.30. The van der Waals surface area contributed by atoms with Gasteiger partial charge in [-0.25, -0.2) is 0 Å². The highest BCUT2D eigenvalue weighted by Crippen LogP contribution is 2.45. The van der Waals surface area contributed by atoms with Gasteiger partial charge in [0.1, 0.15) is 0 Å². The second-order valence-corrected chi connectivity index (χ2v) is 14.0. The van der Waals surface area contributed by atoms with Crippen LogP contribution < -0.4 is 4.90 Å². The highest BCUT2D eigenvalue weighted by atomic mass is 15.1. The molecule has 0 heterocycles. The van der Waals surface area contributed by atoms with E-state index in [0.29, 0.717) is 5.92 Å². The van der Waals surface area contributed by atoms with Crippen molar-refractivity contribution < 1.29 is 0 Å². The zero-order valence-electron chi connectivity index (χ0n) is 29.4. The fourth-order valence-electron chi connectivity index (χ4n) is 8.41. The van der Waals surface area contributed by atoms with Crippen molar-refractivity contribution in [1.82, 2.24) is 0 Å². The van der Waals surface area contributed by atoms with Crippen LogP contribution in [0.2, 0.25) is 0 Å². The van der Waals surface area contributed by atoms with Gasteiger partial charge in [-0.3, -0.25) is 0 Å². The maximum absolute atomic E-state index is 2.48. The van der Waals surface area contributed by atoms with Crippen molar-refractivity contribution in [2.24, 2.45) is 0 Å². The highest BCUT2D eigenvalue weighted by molar-refractivity contribution is 6.14. The van der Waals surface area contributed by atoms with Crippen LogP contribution in [-0.4, -0.2) is 0 Å². The first-order valence-electron chi connectivity index (χ1n) is 18.5. The summed E-state index contributed by atoms with van der Waals surface area (Å²) in [5, 5.41) is 10.1. The lowest BCUT2D eigenvalue weighted by Crippen LogP contribution is -2.13. The predicted molar refractivity (Wildman–Crippen MR) is 228 cm³/mol. The highest BCUT2D eigenvalue weighted by Gasteiger charge is 2.22. The molecule has 10 rings (SSSR count). The summed E-state index contributed by atoms with van der Waals surface area (Å²) in [7, 11) is 0. The molecular formula is C52H37N. The molecule has 250 valence electrons. The monoisotopic (exact) mass is 675 g/mol. The standard InChI is InChI=1S/C52H37N/c1-2-13-36(14-3-1)37-27-29-40(30-28-37)46-21-8-9-25-51(46)53(52-26-12-24-48-44-20-7-5-16-39(44)32-34-50(48)52)42-18-10-17-41(35-42)45-22-11-23-47-43-19-6-4-15-38(43)31-33-49(45)47/h1-27,29-35,37H,28H2. The molecule has 1 nitrogen and oxygen atoms in total. The summed E-state index contributed by atoms with van der Waals surface area (Å²) in [5.74, 6) is 0.379. The van der Waals surface area contributed by atoms with Crippen LogP contribution in [-0.2, 0) is 0 Å². The molecule has 0 spiro atoms. The second-order valence-electron chi connectivity index (χ2n) is 14.0. The van der Waals surface area contributed by atoms with E-state index in [-0.39, 0.29) is 0 Å². The molecule has 9 aromatic rings. The number of hydrogen-bond acceptors (Lipinski definition) is 1. The molecule has 0 bridgehead atoms. The number of fused-ring (bicyclic) bond motifs is 6. The molecule has 1 unspecified atom stereocenters. The van der Waals surface area contributed by atoms with Crippen molar-refractivity contribution in [3.8, 4) is 11.1 Å². The Kier molecular flexibility index (Phi) is 7.69. The molecule has 0 aliphatic heterocycles. The summed E-state index contributed by atoms with van der Waals surface area (Å²) in [4.78, 5) is 2.48. The van der Waals surface area contributed by atoms with Gasteiger partial charge in [0.15, 0.2) is 0 Å². The van der Waals surface area contributed by atoms with Crippen molar-refractivity contribution in [2.75, 3.05) is 4.90 Å². The molecule has 1 heteroatoms. The third kappa shape index (κ3) is 5.50. The molecule has 0 N–H and O–H groups in total. The van der Waals surface area contributed by atoms with Crippen molar-refractivity contribution in [3.05, 3.63) is 217 Å². The number of benzene rings is 9. The molecule has 0 radical (unpaired) electrons. The van der Waals surface area contributed by atoms with E-state index >= 15 is 0 Å². The Morgan fingerprint density at radius 3 is 1.79 bits per heavy atom. The SMILES string of the molecule is C1=CC(c2ccccc2)CC=C1c1ccccc1N(c1cccc(-c2cccc3c2ccc2ccccc23)c1)c1cccc2c1ccc1ccccc12. The zero-order chi connectivity index (χ0) is 35.1. The van der Waals surface area contributed by atoms with Crippen LogP contribution in [0.3, 0.4) is 0 Å². The van der Waals surface area contributed by atoms with Gasteiger partial charge in [-0.05, 0) is 90.7 Å². The van der Waals surface area contributed by atoms with Gasteiger partial charge < -0.3 is 4.90 Å². The Balaban J connectivity index is 1.17. The first-order chi connectivity index (χ1) is 26.3. The fraction of sp³-hybridized carbons (Fsp3) is 0.0385. The van der Waals surface area contributed by atoms with Gasteiger partial charge in [0.25, 0.3) is 0 Å². The Morgan fingerprint density at radius 2 is 1.02 bits per heavy atom. The number of nitrogens with zero attached hydrogens (tertiary/aromatic N) is 1. The lowest BCUT2D eigenvalue weighted by molar-refractivity contribution is 0.856. The van der Waals surface area contributed by atoms with Crippen LogP contribution in [0.4, 0.5) is 17.1 Å². The summed E-state index contributed by atoms with van der Waals surface area (Å²) in [6.07, 6.45) is 8.09. The van der Waals surface area contributed by atoms with Crippen molar-refractivity contribution >= 4 is 65.7 Å². The van der Waals surface area contributed by atoms with Crippen LogP contribution in [0.25, 0.3) is 59.8 Å². The van der Waals surface area contributed by atoms with Gasteiger partial charge in [0, 0.05) is 22.6 Å². The third-order valence-electron chi connectivity index (χ3n) is 11.0. The lowest BCUT2D eigenvalue weighted by atomic mass is 9.87. The quantitative estimate of drug-likeness (QED) is 0.159. The van der Waals surface area contributed by atoms with Crippen LogP contribution in [0.5, 0.6) is 0 Å². The largest absolute Gasteiger partial charge is 0.309 e. The first-order valence-corrected chi connectivity index (χ1v) is 18.5. The summed E-state index contributed by atoms with van der Waals surface area (Å²) in [5.41, 5.74) is 9.69. The topological polar surface area (TPSA) is 3.24 Å². The first kappa shape index (κ1) is 31.1. The molecular weight excluding hydrogens is 639 g/mol. The van der Waals surface area contributed by atoms with Crippen molar-refractivity contribution in [3.63, 3.8) is 0 Å². The Labute approximate surface area is 310 Å². The molecule has 0 fully saturated rings. The molecule has 0 amide bonds. The Hall–Kier alpha value is -6.70. The maximum Gasteiger partial charge on any atom is 0.0540 e. The summed E-state index contributed by atoms with van der Waals surface area (Å²) in [6, 6.07) is 68.8. The normalized spacial score (nSPS) is 14.2. The third-order valence-corrected chi connectivity index (χ3v) is 11.0. The average Bonchev–Trinajstić information content (AvgIpc) is 3.24. The number of hydrogen-bond donors (Lipinski definition) is 0. The molecule has 1 aliphatic carbocycles. The minimum absolute atomic E-state index is 0.379. The predicted octanol–water partition coefficient (Wildman–Crippen LogP) is 14.6. The van der Waals surface area contributed by atoms with Crippen molar-refractivity contribution in [2.45, 2.75) is 12.3 Å². The Bertz CT molecular complexity index is 2880. The smallest absolute Gasteiger partial charge is 0.0540 e. The van der Waals surface area contributed by atoms with Gasteiger partial charge in [0.2, 0.25) is 0 Å². The molecule has 0 saturated carbocycles. The van der Waals surface area contributed by atoms with Gasteiger partial charge >= 0.3 is 0 Å². The van der Waals surface area contributed by atoms with Gasteiger partial charge in [0.05, 0.1) is 11.4 Å². The maximum atomic E-state index is 2.48. The van der Waals surface area contributed by atoms with Crippen LogP contribution >= 0.6 is 0 Å². The van der Waals surface area contributed by atoms with E-state index in [4.69, 9.17) is 0 Å². The van der Waals surface area contributed by atoms with Crippen LogP contribution in [0.15, 0.2) is 206 Å². The van der Waals surface area contributed by atoms with Gasteiger partial charge in [-0.1, -0.05) is 182 Å². The molecule has 1 atom stereocenters. The van der Waals surface area contributed by atoms with E-state index in [1.54, 1.807) is 0 Å². The Morgan fingerprint density at radius 1 is 0.415 bits per heavy atom. The molecule has 1 aliphatic rings. The summed E-state index contributed by atoms with van der Waals surface area (Å²) in [6.45, 7) is 0. The summed E-state index contributed by atoms with van der Waals surface area (Å²) < 4.78 is 0. The van der Waals surface area contributed by atoms with E-state index in [9.17, 15) is 0 Å². The number of rotatable bonds is 6. The minimum Gasteiger partial charge on any atom is -0.309 e. The van der Waals surface area contributed by atoms with Crippen molar-refractivity contribution in [1.29, 1.82) is 0 Å².